The summed E-state index contributed by atoms with van der Waals surface area (Å²) in [5.41, 5.74) is 1.11. The second kappa shape index (κ2) is 3.83. The van der Waals surface area contributed by atoms with Gasteiger partial charge < -0.3 is 0 Å². The summed E-state index contributed by atoms with van der Waals surface area (Å²) in [6.45, 7) is 0. The van der Waals surface area contributed by atoms with Crippen LogP contribution in [0.2, 0.25) is 0 Å². The summed E-state index contributed by atoms with van der Waals surface area (Å²) in [6.07, 6.45) is 10.8. The van der Waals surface area contributed by atoms with Crippen molar-refractivity contribution in [1.82, 2.24) is 9.97 Å². The highest BCUT2D eigenvalue weighted by molar-refractivity contribution is 9.09. The third-order valence-corrected chi connectivity index (χ3v) is 2.55. The molecule has 0 saturated heterocycles. The summed E-state index contributed by atoms with van der Waals surface area (Å²) in [4.78, 5) is 8.82. The molecule has 2 rings (SSSR count). The van der Waals surface area contributed by atoms with E-state index in [9.17, 15) is 0 Å². The van der Waals surface area contributed by atoms with Crippen LogP contribution in [0.1, 0.15) is 12.2 Å². The van der Waals surface area contributed by atoms with Crippen molar-refractivity contribution < 1.29 is 0 Å². The zero-order valence-corrected chi connectivity index (χ0v) is 8.61. The topological polar surface area (TPSA) is 25.8 Å². The summed E-state index contributed by atoms with van der Waals surface area (Å²) in [7, 11) is 0. The molecule has 1 aromatic heterocycles. The minimum atomic E-state index is 0.458. The van der Waals surface area contributed by atoms with Crippen LogP contribution in [0.5, 0.6) is 0 Å². The lowest BCUT2D eigenvalue weighted by atomic mass is 10.1. The third kappa shape index (κ3) is 2.04. The van der Waals surface area contributed by atoms with Crippen LogP contribution < -0.4 is 0 Å². The van der Waals surface area contributed by atoms with E-state index in [-0.39, 0.29) is 0 Å². The van der Waals surface area contributed by atoms with Crippen molar-refractivity contribution in [3.8, 4) is 0 Å². The van der Waals surface area contributed by atoms with Gasteiger partial charge in [-0.2, -0.15) is 0 Å². The van der Waals surface area contributed by atoms with Crippen molar-refractivity contribution in [3.63, 3.8) is 0 Å². The molecule has 1 aromatic rings. The van der Waals surface area contributed by atoms with Gasteiger partial charge in [0.1, 0.15) is 0 Å². The Labute approximate surface area is 85.5 Å². The average Bonchev–Trinajstić information content (AvgIpc) is 2.20. The molecular weight excluding hydrogens is 228 g/mol. The van der Waals surface area contributed by atoms with Crippen LogP contribution in [-0.4, -0.2) is 14.8 Å². The number of allylic oxidation sites excluding steroid dienone is 4. The van der Waals surface area contributed by atoms with Crippen LogP contribution in [0.4, 0.5) is 0 Å². The average molecular weight is 237 g/mol. The Balaban J connectivity index is 2.25. The molecular formula is C10H9BrN2. The lowest BCUT2D eigenvalue weighted by Crippen LogP contribution is -1.98. The molecule has 0 saturated carbocycles. The van der Waals surface area contributed by atoms with E-state index in [0.717, 1.165) is 17.8 Å². The largest absolute Gasteiger partial charge is 0.237 e. The molecule has 1 heterocycles. The van der Waals surface area contributed by atoms with Crippen molar-refractivity contribution in [3.05, 3.63) is 42.5 Å². The number of hydrogen-bond donors (Lipinski definition) is 0. The zero-order chi connectivity index (χ0) is 9.10. The van der Waals surface area contributed by atoms with Gasteiger partial charge in [-0.1, -0.05) is 34.2 Å². The normalized spacial score (nSPS) is 21.3. The molecule has 13 heavy (non-hydrogen) atoms. The molecule has 0 spiro atoms. The maximum absolute atomic E-state index is 4.18. The van der Waals surface area contributed by atoms with E-state index in [1.165, 1.54) is 0 Å². The highest BCUT2D eigenvalue weighted by atomic mass is 79.9. The predicted octanol–water partition coefficient (Wildman–Crippen LogP) is 2.58. The maximum Gasteiger partial charge on any atom is 0.158 e. The molecule has 2 nitrogen and oxygen atoms in total. The maximum atomic E-state index is 4.18. The minimum absolute atomic E-state index is 0.458. The van der Waals surface area contributed by atoms with Gasteiger partial charge >= 0.3 is 0 Å². The van der Waals surface area contributed by atoms with Gasteiger partial charge in [0.05, 0.1) is 0 Å². The fraction of sp³-hybridized carbons (Fsp3) is 0.200. The van der Waals surface area contributed by atoms with Gasteiger partial charge in [0.25, 0.3) is 0 Å². The fourth-order valence-corrected chi connectivity index (χ4v) is 1.55. The number of nitrogens with zero attached hydrogens (tertiary/aromatic N) is 2. The van der Waals surface area contributed by atoms with Gasteiger partial charge in [-0.15, -0.1) is 0 Å². The van der Waals surface area contributed by atoms with Crippen molar-refractivity contribution >= 4 is 21.5 Å². The van der Waals surface area contributed by atoms with Gasteiger partial charge in [0, 0.05) is 22.8 Å². The fourth-order valence-electron chi connectivity index (χ4n) is 1.21. The summed E-state index contributed by atoms with van der Waals surface area (Å²) in [6, 6.07) is 1.82. The lowest BCUT2D eigenvalue weighted by Gasteiger charge is -2.08. The van der Waals surface area contributed by atoms with Crippen LogP contribution in [-0.2, 0) is 0 Å². The first-order chi connectivity index (χ1) is 6.36. The number of hydrogen-bond acceptors (Lipinski definition) is 2. The Morgan fingerprint density at radius 3 is 2.69 bits per heavy atom. The molecule has 66 valence electrons. The second-order valence-electron chi connectivity index (χ2n) is 2.84. The van der Waals surface area contributed by atoms with Crippen LogP contribution >= 0.6 is 15.9 Å². The summed E-state index contributed by atoms with van der Waals surface area (Å²) in [5, 5.41) is 0. The zero-order valence-electron chi connectivity index (χ0n) is 7.02. The minimum Gasteiger partial charge on any atom is -0.237 e. The highest BCUT2D eigenvalue weighted by Gasteiger charge is 2.07. The molecule has 1 aliphatic carbocycles. The number of halogens is 1. The van der Waals surface area contributed by atoms with E-state index in [1.807, 2.05) is 6.07 Å². The van der Waals surface area contributed by atoms with Crippen molar-refractivity contribution in [1.29, 1.82) is 0 Å². The number of alkyl halides is 1. The van der Waals surface area contributed by atoms with E-state index >= 15 is 0 Å². The van der Waals surface area contributed by atoms with Crippen molar-refractivity contribution in [2.24, 2.45) is 0 Å². The Bertz CT molecular complexity index is 343. The van der Waals surface area contributed by atoms with Gasteiger partial charge in [-0.05, 0) is 12.5 Å². The summed E-state index contributed by atoms with van der Waals surface area (Å²) < 4.78 is 0. The monoisotopic (exact) mass is 236 g/mol. The van der Waals surface area contributed by atoms with Crippen LogP contribution in [0, 0.1) is 0 Å². The molecule has 0 aromatic carbocycles. The Hall–Kier alpha value is -0.960. The molecule has 0 aliphatic heterocycles. The quantitative estimate of drug-likeness (QED) is 0.701. The molecule has 0 bridgehead atoms. The highest BCUT2D eigenvalue weighted by Crippen LogP contribution is 2.21. The Kier molecular flexibility index (Phi) is 2.54. The van der Waals surface area contributed by atoms with Gasteiger partial charge in [0.2, 0.25) is 0 Å². The van der Waals surface area contributed by atoms with E-state index < -0.39 is 0 Å². The summed E-state index contributed by atoms with van der Waals surface area (Å²) in [5.74, 6) is 0.804. The second-order valence-corrected chi connectivity index (χ2v) is 4.02. The smallest absolute Gasteiger partial charge is 0.158 e. The van der Waals surface area contributed by atoms with Gasteiger partial charge in [-0.3, -0.25) is 0 Å². The molecule has 0 radical (unpaired) electrons. The molecule has 1 aliphatic rings. The first-order valence-corrected chi connectivity index (χ1v) is 5.07. The Morgan fingerprint density at radius 1 is 1.31 bits per heavy atom. The van der Waals surface area contributed by atoms with Crippen molar-refractivity contribution in [2.45, 2.75) is 11.2 Å². The van der Waals surface area contributed by atoms with Crippen LogP contribution in [0.15, 0.2) is 36.7 Å². The van der Waals surface area contributed by atoms with Gasteiger partial charge in [0.15, 0.2) is 5.82 Å². The number of aromatic nitrogens is 2. The van der Waals surface area contributed by atoms with E-state index in [1.54, 1.807) is 12.4 Å². The van der Waals surface area contributed by atoms with Gasteiger partial charge in [-0.25, -0.2) is 9.97 Å². The van der Waals surface area contributed by atoms with E-state index in [2.05, 4.69) is 44.1 Å². The van der Waals surface area contributed by atoms with E-state index in [0.29, 0.717) is 4.83 Å². The predicted molar refractivity (Wildman–Crippen MR) is 56.5 cm³/mol. The van der Waals surface area contributed by atoms with Crippen LogP contribution in [0.25, 0.3) is 5.57 Å². The van der Waals surface area contributed by atoms with Crippen molar-refractivity contribution in [2.75, 3.05) is 0 Å². The van der Waals surface area contributed by atoms with Crippen LogP contribution in [0.3, 0.4) is 0 Å². The Morgan fingerprint density at radius 2 is 2.08 bits per heavy atom. The molecule has 1 unspecified atom stereocenters. The molecule has 1 atom stereocenters. The molecule has 0 amide bonds. The molecule has 0 N–H and O–H groups in total. The van der Waals surface area contributed by atoms with E-state index in [4.69, 9.17) is 0 Å². The third-order valence-electron chi connectivity index (χ3n) is 1.87. The first kappa shape index (κ1) is 8.63. The first-order valence-electron chi connectivity index (χ1n) is 4.16. The summed E-state index contributed by atoms with van der Waals surface area (Å²) >= 11 is 3.52. The lowest BCUT2D eigenvalue weighted by molar-refractivity contribution is 1.05. The molecule has 3 heteroatoms. The molecule has 0 fully saturated rings. The standard InChI is InChI=1S/C10H9BrN2/c11-9-4-2-8(3-5-9)10-12-6-1-7-13-10/h1-4,6-7,9H,5H2. The SMILES string of the molecule is BrC1C=CC(c2ncccn2)=CC1. The number of rotatable bonds is 1.